The molecule has 0 saturated heterocycles. The van der Waals surface area contributed by atoms with Gasteiger partial charge in [-0.3, -0.25) is 4.98 Å². The Bertz CT molecular complexity index is 758. The molecule has 112 valence electrons. The van der Waals surface area contributed by atoms with Crippen LogP contribution in [0, 0.1) is 5.82 Å². The molecule has 0 fully saturated rings. The lowest BCUT2D eigenvalue weighted by Crippen LogP contribution is -2.05. The first-order valence-corrected chi connectivity index (χ1v) is 7.55. The van der Waals surface area contributed by atoms with Crippen LogP contribution in [0.1, 0.15) is 5.69 Å². The number of hydrogen-bond donors (Lipinski definition) is 1. The Morgan fingerprint density at radius 1 is 1.18 bits per heavy atom. The van der Waals surface area contributed by atoms with Crippen LogP contribution < -0.4 is 5.32 Å². The fraction of sp³-hybridized carbons (Fsp3) is 0.125. The monoisotopic (exact) mass is 361 g/mol. The summed E-state index contributed by atoms with van der Waals surface area (Å²) in [5.74, 6) is 0.224. The van der Waals surface area contributed by atoms with Crippen LogP contribution in [-0.4, -0.2) is 16.5 Å². The van der Waals surface area contributed by atoms with Crippen molar-refractivity contribution in [2.45, 2.75) is 6.42 Å². The normalized spacial score (nSPS) is 10.6. The van der Waals surface area contributed by atoms with Gasteiger partial charge in [0.15, 0.2) is 0 Å². The third-order valence-corrected chi connectivity index (χ3v) is 3.49. The van der Waals surface area contributed by atoms with E-state index in [0.717, 1.165) is 27.8 Å². The maximum absolute atomic E-state index is 12.9. The zero-order chi connectivity index (χ0) is 15.4. The minimum atomic E-state index is -0.276. The largest absolute Gasteiger partial charge is 0.444 e. The summed E-state index contributed by atoms with van der Waals surface area (Å²) in [5, 5.41) is 3.27. The molecular weight excluding hydrogens is 349 g/mol. The topological polar surface area (TPSA) is 51.0 Å². The molecule has 3 aromatic rings. The molecule has 0 aliphatic carbocycles. The number of anilines is 1. The fourth-order valence-corrected chi connectivity index (χ4v) is 2.36. The van der Waals surface area contributed by atoms with Gasteiger partial charge in [-0.05, 0) is 46.3 Å². The summed E-state index contributed by atoms with van der Waals surface area (Å²) in [4.78, 5) is 8.49. The van der Waals surface area contributed by atoms with Crippen LogP contribution in [-0.2, 0) is 6.42 Å². The summed E-state index contributed by atoms with van der Waals surface area (Å²) in [7, 11) is 0. The highest BCUT2D eigenvalue weighted by atomic mass is 79.9. The van der Waals surface area contributed by atoms with Gasteiger partial charge in [0.1, 0.15) is 12.1 Å². The van der Waals surface area contributed by atoms with Gasteiger partial charge in [0.05, 0.1) is 17.6 Å². The SMILES string of the molecule is Fc1ccc(-c2nc(CCNc3cncc(Br)c3)co2)cc1. The summed E-state index contributed by atoms with van der Waals surface area (Å²) < 4.78 is 19.3. The molecule has 1 N–H and O–H groups in total. The Morgan fingerprint density at radius 2 is 2.00 bits per heavy atom. The van der Waals surface area contributed by atoms with Crippen molar-refractivity contribution in [3.63, 3.8) is 0 Å². The van der Waals surface area contributed by atoms with Crippen LogP contribution in [0.15, 0.2) is 57.9 Å². The number of nitrogens with zero attached hydrogens (tertiary/aromatic N) is 2. The Morgan fingerprint density at radius 3 is 2.77 bits per heavy atom. The third kappa shape index (κ3) is 3.71. The van der Waals surface area contributed by atoms with E-state index in [-0.39, 0.29) is 5.82 Å². The van der Waals surface area contributed by atoms with Crippen LogP contribution in [0.3, 0.4) is 0 Å². The molecule has 0 aliphatic rings. The fourth-order valence-electron chi connectivity index (χ4n) is 1.99. The molecule has 0 spiro atoms. The van der Waals surface area contributed by atoms with E-state index in [2.05, 4.69) is 31.2 Å². The van der Waals surface area contributed by atoms with E-state index >= 15 is 0 Å². The standard InChI is InChI=1S/C16H13BrFN3O/c17-12-7-15(9-19-8-12)20-6-5-14-10-22-16(21-14)11-1-3-13(18)4-2-11/h1-4,7-10,20H,5-6H2. The van der Waals surface area contributed by atoms with E-state index in [1.807, 2.05) is 6.07 Å². The van der Waals surface area contributed by atoms with Crippen molar-refractivity contribution in [2.75, 3.05) is 11.9 Å². The van der Waals surface area contributed by atoms with E-state index in [1.54, 1.807) is 30.8 Å². The van der Waals surface area contributed by atoms with Crippen molar-refractivity contribution in [2.24, 2.45) is 0 Å². The maximum Gasteiger partial charge on any atom is 0.226 e. The molecule has 0 saturated carbocycles. The number of rotatable bonds is 5. The summed E-state index contributed by atoms with van der Waals surface area (Å²) in [6.07, 6.45) is 5.84. The highest BCUT2D eigenvalue weighted by Crippen LogP contribution is 2.19. The van der Waals surface area contributed by atoms with Crippen molar-refractivity contribution in [3.05, 3.63) is 65.0 Å². The highest BCUT2D eigenvalue weighted by molar-refractivity contribution is 9.10. The molecule has 0 aliphatic heterocycles. The number of oxazole rings is 1. The molecule has 3 rings (SSSR count). The second-order valence-corrected chi connectivity index (χ2v) is 5.64. The lowest BCUT2D eigenvalue weighted by atomic mass is 10.2. The Labute approximate surface area is 135 Å². The van der Waals surface area contributed by atoms with E-state index in [0.29, 0.717) is 12.4 Å². The third-order valence-electron chi connectivity index (χ3n) is 3.06. The summed E-state index contributed by atoms with van der Waals surface area (Å²) in [6.45, 7) is 0.716. The summed E-state index contributed by atoms with van der Waals surface area (Å²) in [6, 6.07) is 8.04. The lowest BCUT2D eigenvalue weighted by molar-refractivity contribution is 0.572. The van der Waals surface area contributed by atoms with Crippen molar-refractivity contribution >= 4 is 21.6 Å². The minimum absolute atomic E-state index is 0.276. The first kappa shape index (κ1) is 14.7. The van der Waals surface area contributed by atoms with Crippen molar-refractivity contribution in [1.29, 1.82) is 0 Å². The molecule has 0 radical (unpaired) electrons. The van der Waals surface area contributed by atoms with Crippen molar-refractivity contribution < 1.29 is 8.81 Å². The van der Waals surface area contributed by atoms with Crippen LogP contribution >= 0.6 is 15.9 Å². The molecule has 1 aromatic carbocycles. The Balaban J connectivity index is 1.59. The maximum atomic E-state index is 12.9. The molecule has 22 heavy (non-hydrogen) atoms. The molecule has 0 atom stereocenters. The Hall–Kier alpha value is -2.21. The van der Waals surface area contributed by atoms with E-state index < -0.39 is 0 Å². The Kier molecular flexibility index (Phi) is 4.48. The molecule has 0 unspecified atom stereocenters. The van der Waals surface area contributed by atoms with Gasteiger partial charge in [-0.2, -0.15) is 0 Å². The van der Waals surface area contributed by atoms with Crippen LogP contribution in [0.25, 0.3) is 11.5 Å². The van der Waals surface area contributed by atoms with Crippen molar-refractivity contribution in [3.8, 4) is 11.5 Å². The number of pyridine rings is 1. The van der Waals surface area contributed by atoms with Gasteiger partial charge >= 0.3 is 0 Å². The van der Waals surface area contributed by atoms with Gasteiger partial charge in [0.2, 0.25) is 5.89 Å². The highest BCUT2D eigenvalue weighted by Gasteiger charge is 2.06. The van der Waals surface area contributed by atoms with Gasteiger partial charge in [0.25, 0.3) is 0 Å². The quantitative estimate of drug-likeness (QED) is 0.736. The smallest absolute Gasteiger partial charge is 0.226 e. The van der Waals surface area contributed by atoms with Gasteiger partial charge in [-0.15, -0.1) is 0 Å². The van der Waals surface area contributed by atoms with E-state index in [1.165, 1.54) is 12.1 Å². The number of aromatic nitrogens is 2. The predicted molar refractivity (Wildman–Crippen MR) is 86.0 cm³/mol. The molecule has 6 heteroatoms. The molecule has 0 amide bonds. The number of hydrogen-bond acceptors (Lipinski definition) is 4. The number of nitrogens with one attached hydrogen (secondary N) is 1. The molecule has 2 aromatic heterocycles. The van der Waals surface area contributed by atoms with Gasteiger partial charge in [-0.25, -0.2) is 9.37 Å². The lowest BCUT2D eigenvalue weighted by Gasteiger charge is -2.04. The predicted octanol–water partition coefficient (Wildman–Crippen LogP) is 4.29. The number of halogens is 2. The van der Waals surface area contributed by atoms with Crippen molar-refractivity contribution in [1.82, 2.24) is 9.97 Å². The molecule has 0 bridgehead atoms. The summed E-state index contributed by atoms with van der Waals surface area (Å²) >= 11 is 3.38. The van der Waals surface area contributed by atoms with Gasteiger partial charge in [0, 0.05) is 29.2 Å². The van der Waals surface area contributed by atoms with Gasteiger partial charge < -0.3 is 9.73 Å². The zero-order valence-electron chi connectivity index (χ0n) is 11.6. The average Bonchev–Trinajstić information content (AvgIpc) is 2.97. The van der Waals surface area contributed by atoms with Crippen LogP contribution in [0.5, 0.6) is 0 Å². The zero-order valence-corrected chi connectivity index (χ0v) is 13.2. The first-order valence-electron chi connectivity index (χ1n) is 6.75. The second kappa shape index (κ2) is 6.70. The van der Waals surface area contributed by atoms with E-state index in [4.69, 9.17) is 4.42 Å². The van der Waals surface area contributed by atoms with Crippen LogP contribution in [0.2, 0.25) is 0 Å². The van der Waals surface area contributed by atoms with Gasteiger partial charge in [-0.1, -0.05) is 0 Å². The second-order valence-electron chi connectivity index (χ2n) is 4.72. The average molecular weight is 362 g/mol. The minimum Gasteiger partial charge on any atom is -0.444 e. The molecular formula is C16H13BrFN3O. The molecule has 2 heterocycles. The van der Waals surface area contributed by atoms with E-state index in [9.17, 15) is 4.39 Å². The number of benzene rings is 1. The van der Waals surface area contributed by atoms with Crippen LogP contribution in [0.4, 0.5) is 10.1 Å². The summed E-state index contributed by atoms with van der Waals surface area (Å²) in [5.41, 5.74) is 2.54. The first-order chi connectivity index (χ1) is 10.7. The molecule has 4 nitrogen and oxygen atoms in total.